The fourth-order valence-corrected chi connectivity index (χ4v) is 1.86. The highest BCUT2D eigenvalue weighted by atomic mass is 35.5. The lowest BCUT2D eigenvalue weighted by Crippen LogP contribution is -1.97. The fourth-order valence-electron chi connectivity index (χ4n) is 1.53. The SMILES string of the molecule is COc1c(Cl)cc(CN=C=O)cc1C(C)C. The lowest BCUT2D eigenvalue weighted by atomic mass is 9.99. The second-order valence-corrected chi connectivity index (χ2v) is 4.17. The Morgan fingerprint density at radius 3 is 2.69 bits per heavy atom. The summed E-state index contributed by atoms with van der Waals surface area (Å²) in [4.78, 5) is 13.6. The van der Waals surface area contributed by atoms with Crippen molar-refractivity contribution in [1.82, 2.24) is 0 Å². The van der Waals surface area contributed by atoms with Gasteiger partial charge in [0, 0.05) is 0 Å². The standard InChI is InChI=1S/C12H14ClNO2/c1-8(2)10-4-9(6-14-7-15)5-11(13)12(10)16-3/h4-5,8H,6H2,1-3H3. The third kappa shape index (κ3) is 2.84. The number of nitrogens with zero attached hydrogens (tertiary/aromatic N) is 1. The molecule has 0 aliphatic heterocycles. The molecule has 0 saturated carbocycles. The third-order valence-corrected chi connectivity index (χ3v) is 2.57. The Bertz CT molecular complexity index is 423. The largest absolute Gasteiger partial charge is 0.495 e. The molecule has 1 aromatic carbocycles. The molecule has 4 heteroatoms. The first-order chi connectivity index (χ1) is 7.60. The summed E-state index contributed by atoms with van der Waals surface area (Å²) in [6, 6.07) is 3.71. The summed E-state index contributed by atoms with van der Waals surface area (Å²) in [5, 5.41) is 0.546. The van der Waals surface area contributed by atoms with Gasteiger partial charge in [-0.3, -0.25) is 0 Å². The van der Waals surface area contributed by atoms with Crippen LogP contribution in [0.2, 0.25) is 5.02 Å². The van der Waals surface area contributed by atoms with Crippen LogP contribution in [0.3, 0.4) is 0 Å². The van der Waals surface area contributed by atoms with Crippen molar-refractivity contribution in [3.8, 4) is 5.75 Å². The van der Waals surface area contributed by atoms with Crippen LogP contribution in [0, 0.1) is 0 Å². The Morgan fingerprint density at radius 2 is 2.19 bits per heavy atom. The van der Waals surface area contributed by atoms with Crippen LogP contribution in [0.15, 0.2) is 17.1 Å². The average Bonchev–Trinajstić information content (AvgIpc) is 2.25. The molecule has 0 amide bonds. The summed E-state index contributed by atoms with van der Waals surface area (Å²) in [6.45, 7) is 4.41. The summed E-state index contributed by atoms with van der Waals surface area (Å²) in [5.74, 6) is 0.989. The number of isocyanates is 1. The van der Waals surface area contributed by atoms with E-state index in [1.54, 1.807) is 13.2 Å². The predicted molar refractivity (Wildman–Crippen MR) is 63.9 cm³/mol. The number of halogens is 1. The van der Waals surface area contributed by atoms with Crippen LogP contribution in [0.4, 0.5) is 0 Å². The molecule has 1 aromatic rings. The molecule has 0 radical (unpaired) electrons. The molecule has 0 N–H and O–H groups in total. The summed E-state index contributed by atoms with van der Waals surface area (Å²) < 4.78 is 5.26. The van der Waals surface area contributed by atoms with Gasteiger partial charge in [-0.15, -0.1) is 0 Å². The molecule has 16 heavy (non-hydrogen) atoms. The molecule has 0 aromatic heterocycles. The van der Waals surface area contributed by atoms with Gasteiger partial charge >= 0.3 is 0 Å². The van der Waals surface area contributed by atoms with Gasteiger partial charge < -0.3 is 4.74 Å². The Hall–Kier alpha value is -1.31. The topological polar surface area (TPSA) is 38.7 Å². The molecule has 0 atom stereocenters. The zero-order chi connectivity index (χ0) is 12.1. The maximum Gasteiger partial charge on any atom is 0.235 e. The lowest BCUT2D eigenvalue weighted by molar-refractivity contribution is 0.407. The van der Waals surface area contributed by atoms with Gasteiger partial charge in [0.2, 0.25) is 6.08 Å². The zero-order valence-corrected chi connectivity index (χ0v) is 10.3. The van der Waals surface area contributed by atoms with Gasteiger partial charge in [0.15, 0.2) is 0 Å². The van der Waals surface area contributed by atoms with Crippen LogP contribution in [0.5, 0.6) is 5.75 Å². The van der Waals surface area contributed by atoms with Crippen molar-refractivity contribution in [2.45, 2.75) is 26.3 Å². The van der Waals surface area contributed by atoms with E-state index in [-0.39, 0.29) is 0 Å². The van der Waals surface area contributed by atoms with E-state index in [1.165, 1.54) is 6.08 Å². The van der Waals surface area contributed by atoms with Crippen LogP contribution in [-0.4, -0.2) is 13.2 Å². The summed E-state index contributed by atoms with van der Waals surface area (Å²) >= 11 is 6.09. The molecular formula is C12H14ClNO2. The molecule has 0 heterocycles. The second-order valence-electron chi connectivity index (χ2n) is 3.76. The van der Waals surface area contributed by atoms with Crippen LogP contribution >= 0.6 is 11.6 Å². The molecule has 0 bridgehead atoms. The van der Waals surface area contributed by atoms with Crippen molar-refractivity contribution in [3.05, 3.63) is 28.3 Å². The molecule has 0 fully saturated rings. The van der Waals surface area contributed by atoms with Gasteiger partial charge in [-0.1, -0.05) is 25.4 Å². The van der Waals surface area contributed by atoms with E-state index < -0.39 is 0 Å². The highest BCUT2D eigenvalue weighted by molar-refractivity contribution is 6.32. The van der Waals surface area contributed by atoms with Crippen molar-refractivity contribution in [1.29, 1.82) is 0 Å². The number of ether oxygens (including phenoxy) is 1. The number of carbonyl (C=O) groups excluding carboxylic acids is 1. The van der Waals surface area contributed by atoms with Gasteiger partial charge in [-0.2, -0.15) is 0 Å². The average molecular weight is 240 g/mol. The molecule has 0 aliphatic carbocycles. The first-order valence-electron chi connectivity index (χ1n) is 5.00. The Kier molecular flexibility index (Phi) is 4.53. The lowest BCUT2D eigenvalue weighted by Gasteiger charge is -2.14. The molecule has 0 aliphatic rings. The molecule has 0 unspecified atom stereocenters. The number of hydrogen-bond acceptors (Lipinski definition) is 3. The van der Waals surface area contributed by atoms with Crippen LogP contribution in [0.1, 0.15) is 30.9 Å². The van der Waals surface area contributed by atoms with Crippen molar-refractivity contribution in [3.63, 3.8) is 0 Å². The van der Waals surface area contributed by atoms with Crippen molar-refractivity contribution < 1.29 is 9.53 Å². The first kappa shape index (κ1) is 12.8. The Balaban J connectivity index is 3.22. The van der Waals surface area contributed by atoms with Gasteiger partial charge in [0.25, 0.3) is 0 Å². The summed E-state index contributed by atoms with van der Waals surface area (Å²) in [6.07, 6.45) is 1.51. The number of rotatable bonds is 4. The van der Waals surface area contributed by atoms with E-state index in [0.29, 0.717) is 23.2 Å². The Labute approximate surface area is 100 Å². The molecule has 3 nitrogen and oxygen atoms in total. The maximum absolute atomic E-state index is 10.1. The van der Waals surface area contributed by atoms with E-state index >= 15 is 0 Å². The second kappa shape index (κ2) is 5.69. The van der Waals surface area contributed by atoms with Crippen molar-refractivity contribution >= 4 is 17.7 Å². The normalized spacial score (nSPS) is 10.1. The molecule has 86 valence electrons. The zero-order valence-electron chi connectivity index (χ0n) is 9.58. The quantitative estimate of drug-likeness (QED) is 0.597. The fraction of sp³-hybridized carbons (Fsp3) is 0.417. The smallest absolute Gasteiger partial charge is 0.235 e. The maximum atomic E-state index is 10.1. The van der Waals surface area contributed by atoms with Gasteiger partial charge in [-0.05, 0) is 29.2 Å². The Morgan fingerprint density at radius 1 is 1.50 bits per heavy atom. The van der Waals surface area contributed by atoms with Crippen LogP contribution in [0.25, 0.3) is 0 Å². The first-order valence-corrected chi connectivity index (χ1v) is 5.37. The predicted octanol–water partition coefficient (Wildman–Crippen LogP) is 3.31. The van der Waals surface area contributed by atoms with Gasteiger partial charge in [0.05, 0.1) is 18.7 Å². The van der Waals surface area contributed by atoms with Gasteiger partial charge in [-0.25, -0.2) is 9.79 Å². The number of hydrogen-bond donors (Lipinski definition) is 0. The third-order valence-electron chi connectivity index (χ3n) is 2.28. The number of benzene rings is 1. The van der Waals surface area contributed by atoms with E-state index in [4.69, 9.17) is 16.3 Å². The molecular weight excluding hydrogens is 226 g/mol. The van der Waals surface area contributed by atoms with E-state index in [1.807, 2.05) is 6.07 Å². The highest BCUT2D eigenvalue weighted by Crippen LogP contribution is 2.34. The van der Waals surface area contributed by atoms with Crippen molar-refractivity contribution in [2.24, 2.45) is 4.99 Å². The van der Waals surface area contributed by atoms with E-state index in [0.717, 1.165) is 11.1 Å². The number of methoxy groups -OCH3 is 1. The highest BCUT2D eigenvalue weighted by Gasteiger charge is 2.12. The molecule has 1 rings (SSSR count). The van der Waals surface area contributed by atoms with Crippen LogP contribution < -0.4 is 4.74 Å². The van der Waals surface area contributed by atoms with Gasteiger partial charge in [0.1, 0.15) is 5.75 Å². The minimum atomic E-state index is 0.299. The van der Waals surface area contributed by atoms with E-state index in [9.17, 15) is 4.79 Å². The molecule has 0 spiro atoms. The van der Waals surface area contributed by atoms with E-state index in [2.05, 4.69) is 18.8 Å². The summed E-state index contributed by atoms with van der Waals surface area (Å²) in [5.41, 5.74) is 1.91. The minimum Gasteiger partial charge on any atom is -0.495 e. The molecule has 0 saturated heterocycles. The summed E-state index contributed by atoms with van der Waals surface area (Å²) in [7, 11) is 1.59. The van der Waals surface area contributed by atoms with Crippen molar-refractivity contribution in [2.75, 3.05) is 7.11 Å². The van der Waals surface area contributed by atoms with Crippen LogP contribution in [-0.2, 0) is 11.3 Å². The monoisotopic (exact) mass is 239 g/mol. The number of aliphatic imine (C=N–C) groups is 1. The minimum absolute atomic E-state index is 0.299.